The first-order chi connectivity index (χ1) is 7.36. The first-order valence-corrected chi connectivity index (χ1v) is 5.02. The average molecular weight is 218 g/mol. The smallest absolute Gasteiger partial charge is 0.161 e. The Morgan fingerprint density at radius 1 is 0.812 bits per heavy atom. The molecule has 84 valence electrons. The normalized spacial score (nSPS) is 10.0. The standard InChI is InChI=1S/C13H14O3/c1-7-5-6-11(8(2)14)13(10(4)16)12(7)9(3)15/h5-6H,1-4H3. The SMILES string of the molecule is CC(=O)c1ccc(C)c(C(C)=O)c1C(C)=O. The first-order valence-electron chi connectivity index (χ1n) is 5.02. The Labute approximate surface area is 94.5 Å². The van der Waals surface area contributed by atoms with Gasteiger partial charge in [-0.2, -0.15) is 0 Å². The zero-order valence-electron chi connectivity index (χ0n) is 9.88. The largest absolute Gasteiger partial charge is 0.294 e. The lowest BCUT2D eigenvalue weighted by molar-refractivity contribution is 0.0967. The van der Waals surface area contributed by atoms with Gasteiger partial charge in [0, 0.05) is 16.7 Å². The second kappa shape index (κ2) is 4.39. The highest BCUT2D eigenvalue weighted by molar-refractivity contribution is 6.14. The third-order valence-electron chi connectivity index (χ3n) is 2.50. The highest BCUT2D eigenvalue weighted by atomic mass is 16.1. The molecular weight excluding hydrogens is 204 g/mol. The number of benzene rings is 1. The quantitative estimate of drug-likeness (QED) is 0.733. The van der Waals surface area contributed by atoms with Crippen LogP contribution in [0.15, 0.2) is 12.1 Å². The molecule has 0 aliphatic carbocycles. The number of ketones is 3. The molecule has 3 heteroatoms. The highest BCUT2D eigenvalue weighted by Gasteiger charge is 2.20. The van der Waals surface area contributed by atoms with Crippen LogP contribution in [-0.4, -0.2) is 17.3 Å². The number of Topliss-reactive ketones (excluding diaryl/α,β-unsaturated/α-hetero) is 3. The van der Waals surface area contributed by atoms with Gasteiger partial charge in [0.05, 0.1) is 0 Å². The third kappa shape index (κ3) is 2.08. The van der Waals surface area contributed by atoms with Gasteiger partial charge in [-0.25, -0.2) is 0 Å². The molecule has 0 N–H and O–H groups in total. The minimum Gasteiger partial charge on any atom is -0.294 e. The minimum atomic E-state index is -0.251. The Bertz CT molecular complexity index is 484. The maximum atomic E-state index is 11.5. The molecular formula is C13H14O3. The van der Waals surface area contributed by atoms with Crippen LogP contribution in [0.5, 0.6) is 0 Å². The molecule has 0 bridgehead atoms. The minimum absolute atomic E-state index is 0.189. The van der Waals surface area contributed by atoms with E-state index < -0.39 is 0 Å². The monoisotopic (exact) mass is 218 g/mol. The molecule has 1 aromatic rings. The third-order valence-corrected chi connectivity index (χ3v) is 2.50. The summed E-state index contributed by atoms with van der Waals surface area (Å²) >= 11 is 0. The molecule has 0 unspecified atom stereocenters. The fourth-order valence-electron chi connectivity index (χ4n) is 1.82. The molecule has 0 saturated carbocycles. The van der Waals surface area contributed by atoms with Gasteiger partial charge in [-0.1, -0.05) is 12.1 Å². The van der Waals surface area contributed by atoms with Crippen molar-refractivity contribution in [1.29, 1.82) is 0 Å². The van der Waals surface area contributed by atoms with E-state index in [-0.39, 0.29) is 22.9 Å². The van der Waals surface area contributed by atoms with Crippen LogP contribution in [0.4, 0.5) is 0 Å². The highest BCUT2D eigenvalue weighted by Crippen LogP contribution is 2.21. The number of hydrogen-bond donors (Lipinski definition) is 0. The van der Waals surface area contributed by atoms with E-state index in [0.717, 1.165) is 5.56 Å². The van der Waals surface area contributed by atoms with Gasteiger partial charge in [-0.15, -0.1) is 0 Å². The summed E-state index contributed by atoms with van der Waals surface area (Å²) in [7, 11) is 0. The Hall–Kier alpha value is -1.77. The molecule has 0 amide bonds. The summed E-state index contributed by atoms with van der Waals surface area (Å²) in [6.07, 6.45) is 0. The molecule has 0 heterocycles. The maximum absolute atomic E-state index is 11.5. The van der Waals surface area contributed by atoms with Crippen LogP contribution in [0.25, 0.3) is 0 Å². The number of rotatable bonds is 3. The summed E-state index contributed by atoms with van der Waals surface area (Å²) < 4.78 is 0. The lowest BCUT2D eigenvalue weighted by Crippen LogP contribution is -2.12. The van der Waals surface area contributed by atoms with Crippen LogP contribution >= 0.6 is 0 Å². The number of carbonyl (C=O) groups is 3. The second-order valence-corrected chi connectivity index (χ2v) is 3.85. The Balaban J connectivity index is 3.70. The zero-order chi connectivity index (χ0) is 12.5. The molecule has 1 rings (SSSR count). The molecule has 0 aliphatic rings. The summed E-state index contributed by atoms with van der Waals surface area (Å²) in [5.41, 5.74) is 1.66. The Kier molecular flexibility index (Phi) is 3.38. The van der Waals surface area contributed by atoms with E-state index in [4.69, 9.17) is 0 Å². The fourth-order valence-corrected chi connectivity index (χ4v) is 1.82. The van der Waals surface area contributed by atoms with Crippen molar-refractivity contribution >= 4 is 17.3 Å². The topological polar surface area (TPSA) is 51.2 Å². The molecule has 1 aromatic carbocycles. The van der Waals surface area contributed by atoms with Crippen molar-refractivity contribution in [3.63, 3.8) is 0 Å². The summed E-state index contributed by atoms with van der Waals surface area (Å²) in [5, 5.41) is 0. The van der Waals surface area contributed by atoms with Gasteiger partial charge in [0.2, 0.25) is 0 Å². The van der Waals surface area contributed by atoms with Gasteiger partial charge < -0.3 is 0 Å². The fraction of sp³-hybridized carbons (Fsp3) is 0.308. The Morgan fingerprint density at radius 2 is 1.31 bits per heavy atom. The molecule has 0 fully saturated rings. The van der Waals surface area contributed by atoms with E-state index >= 15 is 0 Å². The van der Waals surface area contributed by atoms with Crippen molar-refractivity contribution in [2.24, 2.45) is 0 Å². The number of aryl methyl sites for hydroxylation is 1. The number of carbonyl (C=O) groups excluding carboxylic acids is 3. The predicted molar refractivity (Wildman–Crippen MR) is 61.2 cm³/mol. The van der Waals surface area contributed by atoms with E-state index in [0.29, 0.717) is 11.1 Å². The van der Waals surface area contributed by atoms with Crippen LogP contribution < -0.4 is 0 Å². The first kappa shape index (κ1) is 12.3. The van der Waals surface area contributed by atoms with E-state index in [2.05, 4.69) is 0 Å². The summed E-state index contributed by atoms with van der Waals surface area (Å²) in [6, 6.07) is 3.29. The van der Waals surface area contributed by atoms with Crippen LogP contribution in [0, 0.1) is 6.92 Å². The van der Waals surface area contributed by atoms with Crippen LogP contribution in [0.1, 0.15) is 57.4 Å². The van der Waals surface area contributed by atoms with Gasteiger partial charge in [0.1, 0.15) is 0 Å². The summed E-state index contributed by atoms with van der Waals surface area (Å²) in [5.74, 6) is -0.641. The van der Waals surface area contributed by atoms with Crippen molar-refractivity contribution in [1.82, 2.24) is 0 Å². The molecule has 0 aromatic heterocycles. The van der Waals surface area contributed by atoms with Gasteiger partial charge in [0.25, 0.3) is 0 Å². The van der Waals surface area contributed by atoms with Gasteiger partial charge in [-0.05, 0) is 33.3 Å². The molecule has 0 radical (unpaired) electrons. The van der Waals surface area contributed by atoms with Crippen molar-refractivity contribution in [2.45, 2.75) is 27.7 Å². The van der Waals surface area contributed by atoms with Crippen LogP contribution in [0.3, 0.4) is 0 Å². The molecule has 0 aliphatic heterocycles. The number of hydrogen-bond acceptors (Lipinski definition) is 3. The molecule has 0 spiro atoms. The predicted octanol–water partition coefficient (Wildman–Crippen LogP) is 2.60. The summed E-state index contributed by atoms with van der Waals surface area (Å²) in [6.45, 7) is 5.92. The lowest BCUT2D eigenvalue weighted by atomic mass is 9.90. The van der Waals surface area contributed by atoms with E-state index in [1.807, 2.05) is 0 Å². The summed E-state index contributed by atoms with van der Waals surface area (Å²) in [4.78, 5) is 34.4. The van der Waals surface area contributed by atoms with Crippen LogP contribution in [-0.2, 0) is 0 Å². The van der Waals surface area contributed by atoms with E-state index in [1.165, 1.54) is 20.8 Å². The zero-order valence-corrected chi connectivity index (χ0v) is 9.88. The van der Waals surface area contributed by atoms with E-state index in [1.54, 1.807) is 19.1 Å². The molecule has 0 atom stereocenters. The van der Waals surface area contributed by atoms with Crippen molar-refractivity contribution in [3.05, 3.63) is 34.4 Å². The molecule has 3 nitrogen and oxygen atoms in total. The van der Waals surface area contributed by atoms with Gasteiger partial charge >= 0.3 is 0 Å². The average Bonchev–Trinajstić information content (AvgIpc) is 2.15. The van der Waals surface area contributed by atoms with Crippen LogP contribution in [0.2, 0.25) is 0 Å². The lowest BCUT2D eigenvalue weighted by Gasteiger charge is -2.11. The molecule has 0 saturated heterocycles. The molecule has 16 heavy (non-hydrogen) atoms. The van der Waals surface area contributed by atoms with Gasteiger partial charge in [0.15, 0.2) is 17.3 Å². The van der Waals surface area contributed by atoms with E-state index in [9.17, 15) is 14.4 Å². The maximum Gasteiger partial charge on any atom is 0.161 e. The van der Waals surface area contributed by atoms with Crippen molar-refractivity contribution < 1.29 is 14.4 Å². The second-order valence-electron chi connectivity index (χ2n) is 3.85. The van der Waals surface area contributed by atoms with Gasteiger partial charge in [-0.3, -0.25) is 14.4 Å². The van der Waals surface area contributed by atoms with Crippen molar-refractivity contribution in [2.75, 3.05) is 0 Å². The van der Waals surface area contributed by atoms with Crippen molar-refractivity contribution in [3.8, 4) is 0 Å². The Morgan fingerprint density at radius 3 is 1.69 bits per heavy atom.